The van der Waals surface area contributed by atoms with Crippen molar-refractivity contribution in [3.8, 4) is 5.75 Å². The van der Waals surface area contributed by atoms with Crippen LogP contribution in [0, 0.1) is 5.82 Å². The third-order valence-electron chi connectivity index (χ3n) is 2.82. The summed E-state index contributed by atoms with van der Waals surface area (Å²) in [5.74, 6) is 0.199. The standard InChI is InChI=1S/C12H14BrFO2/c1-7(15)10-5-8(14)6-11(13)12(10)16-9-3-2-4-9/h5-7,9,15H,2-4H2,1H3. The highest BCUT2D eigenvalue weighted by atomic mass is 79.9. The number of rotatable bonds is 3. The molecule has 1 saturated carbocycles. The van der Waals surface area contributed by atoms with E-state index >= 15 is 0 Å². The van der Waals surface area contributed by atoms with E-state index in [0.29, 0.717) is 15.8 Å². The maximum atomic E-state index is 13.2. The van der Waals surface area contributed by atoms with Gasteiger partial charge < -0.3 is 9.84 Å². The Hall–Kier alpha value is -0.610. The summed E-state index contributed by atoms with van der Waals surface area (Å²) in [6.07, 6.45) is 2.71. The molecular weight excluding hydrogens is 275 g/mol. The normalized spacial score (nSPS) is 18.0. The minimum absolute atomic E-state index is 0.208. The molecular formula is C12H14BrFO2. The maximum Gasteiger partial charge on any atom is 0.139 e. The predicted octanol–water partition coefficient (Wildman–Crippen LogP) is 3.57. The number of benzene rings is 1. The van der Waals surface area contributed by atoms with Gasteiger partial charge in [0.1, 0.15) is 11.6 Å². The van der Waals surface area contributed by atoms with Crippen LogP contribution in [-0.2, 0) is 0 Å². The molecule has 88 valence electrons. The Bertz CT molecular complexity index is 389. The average molecular weight is 289 g/mol. The average Bonchev–Trinajstić information content (AvgIpc) is 2.12. The first kappa shape index (κ1) is 11.9. The van der Waals surface area contributed by atoms with Crippen molar-refractivity contribution in [2.45, 2.75) is 38.4 Å². The van der Waals surface area contributed by atoms with Gasteiger partial charge in [-0.3, -0.25) is 0 Å². The van der Waals surface area contributed by atoms with Gasteiger partial charge >= 0.3 is 0 Å². The molecule has 2 nitrogen and oxygen atoms in total. The Morgan fingerprint density at radius 1 is 1.50 bits per heavy atom. The van der Waals surface area contributed by atoms with E-state index in [0.717, 1.165) is 12.8 Å². The summed E-state index contributed by atoms with van der Waals surface area (Å²) in [4.78, 5) is 0. The van der Waals surface area contributed by atoms with Crippen LogP contribution in [0.2, 0.25) is 0 Å². The molecule has 1 atom stereocenters. The largest absolute Gasteiger partial charge is 0.489 e. The first-order valence-corrected chi connectivity index (χ1v) is 6.21. The number of aliphatic hydroxyl groups is 1. The molecule has 1 aromatic rings. The van der Waals surface area contributed by atoms with Gasteiger partial charge in [-0.15, -0.1) is 0 Å². The Kier molecular flexibility index (Phi) is 3.50. The van der Waals surface area contributed by atoms with Gasteiger partial charge in [0.25, 0.3) is 0 Å². The van der Waals surface area contributed by atoms with Crippen molar-refractivity contribution in [2.75, 3.05) is 0 Å². The zero-order chi connectivity index (χ0) is 11.7. The van der Waals surface area contributed by atoms with Crippen LogP contribution in [-0.4, -0.2) is 11.2 Å². The van der Waals surface area contributed by atoms with Crippen LogP contribution in [0.15, 0.2) is 16.6 Å². The summed E-state index contributed by atoms with van der Waals surface area (Å²) >= 11 is 3.27. The molecule has 0 aromatic heterocycles. The van der Waals surface area contributed by atoms with E-state index < -0.39 is 6.10 Å². The minimum Gasteiger partial charge on any atom is -0.489 e. The predicted molar refractivity (Wildman–Crippen MR) is 63.0 cm³/mol. The lowest BCUT2D eigenvalue weighted by molar-refractivity contribution is 0.111. The van der Waals surface area contributed by atoms with Crippen LogP contribution in [0.5, 0.6) is 5.75 Å². The van der Waals surface area contributed by atoms with Gasteiger partial charge in [0.15, 0.2) is 0 Å². The number of halogens is 2. The smallest absolute Gasteiger partial charge is 0.139 e. The van der Waals surface area contributed by atoms with Gasteiger partial charge in [0, 0.05) is 5.56 Å². The van der Waals surface area contributed by atoms with E-state index in [-0.39, 0.29) is 11.9 Å². The second-order valence-corrected chi connectivity index (χ2v) is 5.01. The summed E-state index contributed by atoms with van der Waals surface area (Å²) < 4.78 is 19.5. The molecule has 1 aliphatic carbocycles. The van der Waals surface area contributed by atoms with Crippen LogP contribution in [0.4, 0.5) is 4.39 Å². The van der Waals surface area contributed by atoms with Crippen LogP contribution in [0.1, 0.15) is 37.9 Å². The summed E-state index contributed by atoms with van der Waals surface area (Å²) in [7, 11) is 0. The molecule has 0 aliphatic heterocycles. The van der Waals surface area contributed by atoms with Gasteiger partial charge in [0.2, 0.25) is 0 Å². The molecule has 0 saturated heterocycles. The van der Waals surface area contributed by atoms with Crippen LogP contribution < -0.4 is 4.74 Å². The highest BCUT2D eigenvalue weighted by Crippen LogP contribution is 2.37. The van der Waals surface area contributed by atoms with Gasteiger partial charge in [-0.05, 0) is 54.2 Å². The van der Waals surface area contributed by atoms with E-state index in [4.69, 9.17) is 4.74 Å². The third-order valence-corrected chi connectivity index (χ3v) is 3.41. The van der Waals surface area contributed by atoms with E-state index in [1.54, 1.807) is 6.92 Å². The topological polar surface area (TPSA) is 29.5 Å². The molecule has 0 amide bonds. The van der Waals surface area contributed by atoms with Crippen molar-refractivity contribution in [1.82, 2.24) is 0 Å². The lowest BCUT2D eigenvalue weighted by Gasteiger charge is -2.28. The molecule has 1 N–H and O–H groups in total. The van der Waals surface area contributed by atoms with Gasteiger partial charge in [-0.25, -0.2) is 4.39 Å². The Morgan fingerprint density at radius 2 is 2.19 bits per heavy atom. The van der Waals surface area contributed by atoms with Crippen molar-refractivity contribution in [1.29, 1.82) is 0 Å². The molecule has 0 heterocycles. The van der Waals surface area contributed by atoms with Crippen LogP contribution in [0.25, 0.3) is 0 Å². The molecule has 16 heavy (non-hydrogen) atoms. The van der Waals surface area contributed by atoms with Crippen LogP contribution >= 0.6 is 15.9 Å². The maximum absolute atomic E-state index is 13.2. The number of ether oxygens (including phenoxy) is 1. The molecule has 2 rings (SSSR count). The van der Waals surface area contributed by atoms with Crippen molar-refractivity contribution >= 4 is 15.9 Å². The fourth-order valence-corrected chi connectivity index (χ4v) is 2.21. The second-order valence-electron chi connectivity index (χ2n) is 4.15. The van der Waals surface area contributed by atoms with Crippen molar-refractivity contribution in [3.05, 3.63) is 28.0 Å². The van der Waals surface area contributed by atoms with Crippen molar-refractivity contribution in [2.24, 2.45) is 0 Å². The first-order chi connectivity index (χ1) is 7.58. The van der Waals surface area contributed by atoms with Gasteiger partial charge in [-0.1, -0.05) is 0 Å². The molecule has 4 heteroatoms. The zero-order valence-corrected chi connectivity index (χ0v) is 10.6. The molecule has 0 spiro atoms. The number of aliphatic hydroxyl groups excluding tert-OH is 1. The Labute approximate surface area is 103 Å². The van der Waals surface area contributed by atoms with E-state index in [9.17, 15) is 9.50 Å². The van der Waals surface area contributed by atoms with E-state index in [1.165, 1.54) is 18.6 Å². The summed E-state index contributed by atoms with van der Waals surface area (Å²) in [5.41, 5.74) is 0.499. The van der Waals surface area contributed by atoms with Gasteiger partial charge in [-0.2, -0.15) is 0 Å². The first-order valence-electron chi connectivity index (χ1n) is 5.41. The fraction of sp³-hybridized carbons (Fsp3) is 0.500. The van der Waals surface area contributed by atoms with Crippen molar-refractivity contribution in [3.63, 3.8) is 0 Å². The lowest BCUT2D eigenvalue weighted by atomic mass is 9.96. The van der Waals surface area contributed by atoms with E-state index in [2.05, 4.69) is 15.9 Å². The highest BCUT2D eigenvalue weighted by molar-refractivity contribution is 9.10. The van der Waals surface area contributed by atoms with Crippen molar-refractivity contribution < 1.29 is 14.2 Å². The quantitative estimate of drug-likeness (QED) is 0.921. The Morgan fingerprint density at radius 3 is 2.69 bits per heavy atom. The molecule has 1 aliphatic rings. The Balaban J connectivity index is 2.32. The number of hydrogen-bond acceptors (Lipinski definition) is 2. The molecule has 1 aromatic carbocycles. The van der Waals surface area contributed by atoms with Gasteiger partial charge in [0.05, 0.1) is 16.7 Å². The molecule has 0 bridgehead atoms. The summed E-state index contributed by atoms with van der Waals surface area (Å²) in [6.45, 7) is 1.61. The minimum atomic E-state index is -0.734. The summed E-state index contributed by atoms with van der Waals surface area (Å²) in [6, 6.07) is 2.68. The fourth-order valence-electron chi connectivity index (χ4n) is 1.67. The highest BCUT2D eigenvalue weighted by Gasteiger charge is 2.23. The molecule has 1 fully saturated rings. The van der Waals surface area contributed by atoms with E-state index in [1.807, 2.05) is 0 Å². The monoisotopic (exact) mass is 288 g/mol. The second kappa shape index (κ2) is 4.72. The lowest BCUT2D eigenvalue weighted by Crippen LogP contribution is -2.25. The molecule has 1 unspecified atom stereocenters. The SMILES string of the molecule is CC(O)c1cc(F)cc(Br)c1OC1CCC1. The third kappa shape index (κ3) is 2.38. The zero-order valence-electron chi connectivity index (χ0n) is 9.04. The summed E-state index contributed by atoms with van der Waals surface area (Å²) in [5, 5.41) is 9.59. The molecule has 0 radical (unpaired) electrons. The van der Waals surface area contributed by atoms with Crippen LogP contribution in [0.3, 0.4) is 0 Å². The number of hydrogen-bond donors (Lipinski definition) is 1.